The molecule has 0 bridgehead atoms. The maximum absolute atomic E-state index is 12.6. The number of hydrogen-bond acceptors (Lipinski definition) is 2. The molecule has 4 heteroatoms. The number of nitrogens with one attached hydrogen (secondary N) is 1. The molecule has 1 rings (SSSR count). The van der Waals surface area contributed by atoms with Gasteiger partial charge in [-0.1, -0.05) is 46.3 Å². The average molecular weight is 280 g/mol. The molecule has 0 saturated carbocycles. The maximum Gasteiger partial charge on any atom is 0.246 e. The lowest BCUT2D eigenvalue weighted by Gasteiger charge is -2.41. The van der Waals surface area contributed by atoms with E-state index in [1.165, 1.54) is 0 Å². The van der Waals surface area contributed by atoms with E-state index in [1.54, 1.807) is 4.90 Å². The smallest absolute Gasteiger partial charge is 0.246 e. The first-order valence-corrected chi connectivity index (χ1v) is 7.64. The van der Waals surface area contributed by atoms with Crippen LogP contribution in [0.15, 0.2) is 12.2 Å². The van der Waals surface area contributed by atoms with Crippen LogP contribution in [0.25, 0.3) is 0 Å². The molecular formula is C16H28N2O2. The highest BCUT2D eigenvalue weighted by molar-refractivity contribution is 5.97. The Morgan fingerprint density at radius 2 is 1.95 bits per heavy atom. The van der Waals surface area contributed by atoms with E-state index in [1.807, 2.05) is 32.9 Å². The Balaban J connectivity index is 2.97. The van der Waals surface area contributed by atoms with Crippen molar-refractivity contribution in [1.29, 1.82) is 0 Å². The van der Waals surface area contributed by atoms with E-state index in [-0.39, 0.29) is 29.8 Å². The quantitative estimate of drug-likeness (QED) is 0.759. The summed E-state index contributed by atoms with van der Waals surface area (Å²) in [4.78, 5) is 26.7. The first-order valence-electron chi connectivity index (χ1n) is 7.64. The molecule has 20 heavy (non-hydrogen) atoms. The molecule has 0 aromatic heterocycles. The predicted molar refractivity (Wildman–Crippen MR) is 81.2 cm³/mol. The summed E-state index contributed by atoms with van der Waals surface area (Å²) in [5.41, 5.74) is 0. The predicted octanol–water partition coefficient (Wildman–Crippen LogP) is 2.35. The van der Waals surface area contributed by atoms with E-state index in [9.17, 15) is 9.59 Å². The van der Waals surface area contributed by atoms with Gasteiger partial charge in [-0.3, -0.25) is 9.59 Å². The molecule has 0 radical (unpaired) electrons. The van der Waals surface area contributed by atoms with Crippen molar-refractivity contribution in [3.63, 3.8) is 0 Å². The number of rotatable bonds is 6. The standard InChI is InChI=1S/C16H28N2O2/c1-6-8-9-18-13(10-11(3)4)15(19)17-14(16(18)20)12(5)7-2/h6,8,11-14H,7,9-10H2,1-5H3,(H,17,19)/b8-6+. The largest absolute Gasteiger partial charge is 0.342 e. The lowest BCUT2D eigenvalue weighted by molar-refractivity contribution is -0.150. The van der Waals surface area contributed by atoms with Crippen molar-refractivity contribution in [2.75, 3.05) is 6.54 Å². The molecule has 0 aromatic rings. The van der Waals surface area contributed by atoms with E-state index in [4.69, 9.17) is 0 Å². The minimum atomic E-state index is -0.374. The number of allylic oxidation sites excluding steroid dienone is 1. The number of nitrogens with zero attached hydrogens (tertiary/aromatic N) is 1. The van der Waals surface area contributed by atoms with Crippen molar-refractivity contribution in [3.05, 3.63) is 12.2 Å². The van der Waals surface area contributed by atoms with Gasteiger partial charge in [-0.15, -0.1) is 0 Å². The number of piperazine rings is 1. The van der Waals surface area contributed by atoms with E-state index in [0.717, 1.165) is 6.42 Å². The molecule has 1 aliphatic rings. The van der Waals surface area contributed by atoms with Crippen molar-refractivity contribution in [2.45, 2.75) is 59.5 Å². The van der Waals surface area contributed by atoms with Crippen LogP contribution in [0.4, 0.5) is 0 Å². The Labute approximate surface area is 122 Å². The van der Waals surface area contributed by atoms with Gasteiger partial charge in [0.2, 0.25) is 11.8 Å². The van der Waals surface area contributed by atoms with Gasteiger partial charge in [-0.2, -0.15) is 0 Å². The molecule has 0 spiro atoms. The molecule has 2 amide bonds. The van der Waals surface area contributed by atoms with Crippen LogP contribution in [0.1, 0.15) is 47.5 Å². The number of hydrogen-bond donors (Lipinski definition) is 1. The highest BCUT2D eigenvalue weighted by Gasteiger charge is 2.41. The van der Waals surface area contributed by atoms with Crippen molar-refractivity contribution in [3.8, 4) is 0 Å². The molecule has 1 N–H and O–H groups in total. The maximum atomic E-state index is 12.6. The Morgan fingerprint density at radius 1 is 1.30 bits per heavy atom. The third-order valence-corrected chi connectivity index (χ3v) is 3.97. The van der Waals surface area contributed by atoms with Gasteiger partial charge in [-0.05, 0) is 25.2 Å². The molecule has 1 saturated heterocycles. The topological polar surface area (TPSA) is 49.4 Å². The lowest BCUT2D eigenvalue weighted by atomic mass is 9.91. The summed E-state index contributed by atoms with van der Waals surface area (Å²) in [7, 11) is 0. The third-order valence-electron chi connectivity index (χ3n) is 3.97. The van der Waals surface area contributed by atoms with Crippen LogP contribution in [0.3, 0.4) is 0 Å². The van der Waals surface area contributed by atoms with Gasteiger partial charge in [0.1, 0.15) is 12.1 Å². The second-order valence-electron chi connectivity index (χ2n) is 6.08. The molecule has 0 aliphatic carbocycles. The second kappa shape index (κ2) is 7.46. The van der Waals surface area contributed by atoms with Crippen LogP contribution in [0.2, 0.25) is 0 Å². The minimum Gasteiger partial charge on any atom is -0.342 e. The first kappa shape index (κ1) is 16.7. The highest BCUT2D eigenvalue weighted by atomic mass is 16.2. The fourth-order valence-corrected chi connectivity index (χ4v) is 2.52. The molecule has 0 aromatic carbocycles. The molecule has 114 valence electrons. The van der Waals surface area contributed by atoms with Gasteiger partial charge in [-0.25, -0.2) is 0 Å². The Kier molecular flexibility index (Phi) is 6.24. The molecule has 3 atom stereocenters. The van der Waals surface area contributed by atoms with Crippen LogP contribution >= 0.6 is 0 Å². The lowest BCUT2D eigenvalue weighted by Crippen LogP contribution is -2.65. The zero-order valence-electron chi connectivity index (χ0n) is 13.3. The summed E-state index contributed by atoms with van der Waals surface area (Å²) in [5, 5.41) is 2.92. The van der Waals surface area contributed by atoms with Crippen molar-refractivity contribution in [2.24, 2.45) is 11.8 Å². The Bertz CT molecular complexity index is 377. The number of amides is 2. The molecule has 1 aliphatic heterocycles. The van der Waals surface area contributed by atoms with Gasteiger partial charge in [0.25, 0.3) is 0 Å². The SMILES string of the molecule is C/C=C/CN1C(=O)C(C(C)CC)NC(=O)C1CC(C)C. The normalized spacial score (nSPS) is 25.4. The van der Waals surface area contributed by atoms with Crippen LogP contribution in [-0.2, 0) is 9.59 Å². The van der Waals surface area contributed by atoms with E-state index >= 15 is 0 Å². The second-order valence-corrected chi connectivity index (χ2v) is 6.08. The summed E-state index contributed by atoms with van der Waals surface area (Å²) in [6, 6.07) is -0.708. The summed E-state index contributed by atoms with van der Waals surface area (Å²) < 4.78 is 0. The van der Waals surface area contributed by atoms with Gasteiger partial charge < -0.3 is 10.2 Å². The van der Waals surface area contributed by atoms with Gasteiger partial charge >= 0.3 is 0 Å². The van der Waals surface area contributed by atoms with Gasteiger partial charge in [0, 0.05) is 6.54 Å². The summed E-state index contributed by atoms with van der Waals surface area (Å²) in [6.45, 7) is 10.7. The summed E-state index contributed by atoms with van der Waals surface area (Å²) >= 11 is 0. The van der Waals surface area contributed by atoms with Crippen LogP contribution in [0, 0.1) is 11.8 Å². The van der Waals surface area contributed by atoms with Crippen LogP contribution in [0.5, 0.6) is 0 Å². The molecule has 1 fully saturated rings. The molecule has 1 heterocycles. The summed E-state index contributed by atoms with van der Waals surface area (Å²) in [5.74, 6) is 0.599. The minimum absolute atomic E-state index is 0.00639. The van der Waals surface area contributed by atoms with Crippen molar-refractivity contribution < 1.29 is 9.59 Å². The molecular weight excluding hydrogens is 252 g/mol. The number of carbonyl (C=O) groups excluding carboxylic acids is 2. The van der Waals surface area contributed by atoms with E-state index < -0.39 is 0 Å². The molecule has 3 unspecified atom stereocenters. The first-order chi connectivity index (χ1) is 9.42. The van der Waals surface area contributed by atoms with Gasteiger partial charge in [0.15, 0.2) is 0 Å². The van der Waals surface area contributed by atoms with E-state index in [0.29, 0.717) is 18.9 Å². The fourth-order valence-electron chi connectivity index (χ4n) is 2.52. The monoisotopic (exact) mass is 280 g/mol. The Hall–Kier alpha value is -1.32. The van der Waals surface area contributed by atoms with Crippen LogP contribution in [-0.4, -0.2) is 35.3 Å². The zero-order chi connectivity index (χ0) is 15.3. The van der Waals surface area contributed by atoms with Crippen molar-refractivity contribution in [1.82, 2.24) is 10.2 Å². The third kappa shape index (κ3) is 3.84. The average Bonchev–Trinajstić information content (AvgIpc) is 2.40. The number of carbonyl (C=O) groups is 2. The summed E-state index contributed by atoms with van der Waals surface area (Å²) in [6.07, 6.45) is 5.45. The fraction of sp³-hybridized carbons (Fsp3) is 0.750. The highest BCUT2D eigenvalue weighted by Crippen LogP contribution is 2.21. The van der Waals surface area contributed by atoms with Gasteiger partial charge in [0.05, 0.1) is 0 Å². The van der Waals surface area contributed by atoms with Crippen LogP contribution < -0.4 is 5.32 Å². The van der Waals surface area contributed by atoms with Crippen molar-refractivity contribution >= 4 is 11.8 Å². The Morgan fingerprint density at radius 3 is 2.45 bits per heavy atom. The molecule has 4 nitrogen and oxygen atoms in total. The zero-order valence-corrected chi connectivity index (χ0v) is 13.3. The van der Waals surface area contributed by atoms with E-state index in [2.05, 4.69) is 19.2 Å².